The molecule has 2 amide bonds. The molecule has 1 aromatic carbocycles. The van der Waals surface area contributed by atoms with Gasteiger partial charge in [0.15, 0.2) is 0 Å². The molecule has 0 saturated heterocycles. The molecule has 6 nitrogen and oxygen atoms in total. The number of carbonyl (C=O) groups excluding carboxylic acids is 2. The molecule has 1 aliphatic carbocycles. The van der Waals surface area contributed by atoms with Gasteiger partial charge in [0.1, 0.15) is 6.04 Å². The first-order chi connectivity index (χ1) is 11.7. The molecule has 1 fully saturated rings. The van der Waals surface area contributed by atoms with E-state index in [1.165, 1.54) is 6.07 Å². The van der Waals surface area contributed by atoms with Gasteiger partial charge in [0, 0.05) is 12.6 Å². The predicted molar refractivity (Wildman–Crippen MR) is 94.9 cm³/mol. The zero-order chi connectivity index (χ0) is 18.7. The zero-order valence-corrected chi connectivity index (χ0v) is 15.5. The van der Waals surface area contributed by atoms with E-state index < -0.39 is 23.8 Å². The number of carboxylic acid groups (broad SMARTS) is 1. The topological polar surface area (TPSA) is 86.7 Å². The standard InChI is InChI=1S/C17H20Cl2N2O4/c1-9(17(24)25)8-21(11-6-7-11)16(23)10(2)20-15(22)12-4-3-5-13(18)14(12)19/h3-5,9-11H,6-8H2,1-2H3,(H,20,22)(H,24,25). The van der Waals surface area contributed by atoms with Gasteiger partial charge in [-0.05, 0) is 31.9 Å². The number of carboxylic acids is 1. The summed E-state index contributed by atoms with van der Waals surface area (Å²) in [6.45, 7) is 3.25. The lowest BCUT2D eigenvalue weighted by Crippen LogP contribution is -2.49. The number of aliphatic carboxylic acids is 1. The number of rotatable bonds is 7. The number of benzene rings is 1. The van der Waals surface area contributed by atoms with Crippen LogP contribution in [-0.4, -0.2) is 46.4 Å². The highest BCUT2D eigenvalue weighted by atomic mass is 35.5. The van der Waals surface area contributed by atoms with Gasteiger partial charge in [-0.2, -0.15) is 0 Å². The van der Waals surface area contributed by atoms with Crippen molar-refractivity contribution in [3.8, 4) is 0 Å². The van der Waals surface area contributed by atoms with Crippen molar-refractivity contribution in [1.82, 2.24) is 10.2 Å². The predicted octanol–water partition coefficient (Wildman–Crippen LogP) is 2.82. The Balaban J connectivity index is 2.06. The van der Waals surface area contributed by atoms with Gasteiger partial charge >= 0.3 is 5.97 Å². The van der Waals surface area contributed by atoms with Crippen LogP contribution in [0.15, 0.2) is 18.2 Å². The molecule has 25 heavy (non-hydrogen) atoms. The maximum absolute atomic E-state index is 12.7. The molecule has 1 aromatic rings. The quantitative estimate of drug-likeness (QED) is 0.753. The van der Waals surface area contributed by atoms with Crippen molar-refractivity contribution < 1.29 is 19.5 Å². The van der Waals surface area contributed by atoms with Crippen molar-refractivity contribution in [3.63, 3.8) is 0 Å². The molecule has 2 atom stereocenters. The molecule has 1 saturated carbocycles. The number of halogens is 2. The van der Waals surface area contributed by atoms with Crippen LogP contribution >= 0.6 is 23.2 Å². The van der Waals surface area contributed by atoms with Gasteiger partial charge in [-0.15, -0.1) is 0 Å². The molecule has 0 radical (unpaired) electrons. The highest BCUT2D eigenvalue weighted by molar-refractivity contribution is 6.43. The fraction of sp³-hybridized carbons (Fsp3) is 0.471. The maximum Gasteiger partial charge on any atom is 0.308 e. The van der Waals surface area contributed by atoms with Crippen LogP contribution in [0.25, 0.3) is 0 Å². The third kappa shape index (κ3) is 4.86. The van der Waals surface area contributed by atoms with Crippen molar-refractivity contribution >= 4 is 41.0 Å². The lowest BCUT2D eigenvalue weighted by atomic mass is 10.1. The van der Waals surface area contributed by atoms with E-state index in [1.807, 2.05) is 0 Å². The smallest absolute Gasteiger partial charge is 0.308 e. The SMILES string of the molecule is CC(CN(C(=O)C(C)NC(=O)c1cccc(Cl)c1Cl)C1CC1)C(=O)O. The fourth-order valence-electron chi connectivity index (χ4n) is 2.44. The van der Waals surface area contributed by atoms with Crippen molar-refractivity contribution in [2.75, 3.05) is 6.54 Å². The van der Waals surface area contributed by atoms with E-state index in [0.29, 0.717) is 0 Å². The van der Waals surface area contributed by atoms with Crippen LogP contribution in [0.1, 0.15) is 37.0 Å². The number of amides is 2. The van der Waals surface area contributed by atoms with Crippen molar-refractivity contribution in [2.24, 2.45) is 5.92 Å². The first-order valence-corrected chi connectivity index (χ1v) is 8.76. The Labute approximate surface area is 156 Å². The molecule has 2 unspecified atom stereocenters. The first-order valence-electron chi connectivity index (χ1n) is 8.00. The molecular weight excluding hydrogens is 367 g/mol. The molecule has 8 heteroatoms. The van der Waals surface area contributed by atoms with E-state index in [9.17, 15) is 14.4 Å². The monoisotopic (exact) mass is 386 g/mol. The molecule has 0 spiro atoms. The Morgan fingerprint density at radius 3 is 2.48 bits per heavy atom. The van der Waals surface area contributed by atoms with Crippen molar-refractivity contribution in [3.05, 3.63) is 33.8 Å². The van der Waals surface area contributed by atoms with E-state index in [0.717, 1.165) is 12.8 Å². The van der Waals surface area contributed by atoms with E-state index in [2.05, 4.69) is 5.32 Å². The molecule has 0 bridgehead atoms. The zero-order valence-electron chi connectivity index (χ0n) is 14.0. The van der Waals surface area contributed by atoms with E-state index in [4.69, 9.17) is 28.3 Å². The summed E-state index contributed by atoms with van der Waals surface area (Å²) in [6, 6.07) is 3.93. The molecule has 2 rings (SSSR count). The van der Waals surface area contributed by atoms with Crippen molar-refractivity contribution in [1.29, 1.82) is 0 Å². The summed E-state index contributed by atoms with van der Waals surface area (Å²) in [7, 11) is 0. The van der Waals surface area contributed by atoms with Gasteiger partial charge in [0.2, 0.25) is 5.91 Å². The average molecular weight is 387 g/mol. The third-order valence-electron chi connectivity index (χ3n) is 4.08. The number of nitrogens with zero attached hydrogens (tertiary/aromatic N) is 1. The van der Waals surface area contributed by atoms with Gasteiger partial charge in [0.05, 0.1) is 21.5 Å². The summed E-state index contributed by atoms with van der Waals surface area (Å²) in [5.74, 6) is -2.44. The molecule has 0 aliphatic heterocycles. The fourth-order valence-corrected chi connectivity index (χ4v) is 2.83. The second-order valence-corrected chi connectivity index (χ2v) is 7.04. The van der Waals surface area contributed by atoms with Crippen LogP contribution < -0.4 is 5.32 Å². The average Bonchev–Trinajstić information content (AvgIpc) is 3.38. The minimum Gasteiger partial charge on any atom is -0.481 e. The second-order valence-electron chi connectivity index (χ2n) is 6.26. The van der Waals surface area contributed by atoms with Crippen LogP contribution in [0, 0.1) is 5.92 Å². The summed E-state index contributed by atoms with van der Waals surface area (Å²) in [5.41, 5.74) is 0.186. The maximum atomic E-state index is 12.7. The van der Waals surface area contributed by atoms with Gasteiger partial charge in [-0.25, -0.2) is 0 Å². The summed E-state index contributed by atoms with van der Waals surface area (Å²) in [6.07, 6.45) is 1.69. The van der Waals surface area contributed by atoms with Gasteiger partial charge in [-0.3, -0.25) is 14.4 Å². The Bertz CT molecular complexity index is 691. The lowest BCUT2D eigenvalue weighted by molar-refractivity contribution is -0.143. The first kappa shape index (κ1) is 19.5. The van der Waals surface area contributed by atoms with Crippen molar-refractivity contribution in [2.45, 2.75) is 38.8 Å². The molecular formula is C17H20Cl2N2O4. The Hall–Kier alpha value is -1.79. The Morgan fingerprint density at radius 2 is 1.92 bits per heavy atom. The summed E-state index contributed by atoms with van der Waals surface area (Å²) < 4.78 is 0. The van der Waals surface area contributed by atoms with Gasteiger partial charge in [0.25, 0.3) is 5.91 Å². The van der Waals surface area contributed by atoms with Crippen LogP contribution in [0.4, 0.5) is 0 Å². The molecule has 1 aliphatic rings. The summed E-state index contributed by atoms with van der Waals surface area (Å²) in [4.78, 5) is 37.6. The van der Waals surface area contributed by atoms with E-state index >= 15 is 0 Å². The highest BCUT2D eigenvalue weighted by Gasteiger charge is 2.36. The molecule has 0 heterocycles. The minimum atomic E-state index is -0.958. The number of carbonyl (C=O) groups is 3. The van der Waals surface area contributed by atoms with E-state index in [1.54, 1.807) is 30.9 Å². The Kier molecular flexibility index (Phi) is 6.30. The van der Waals surface area contributed by atoms with Gasteiger partial charge in [-0.1, -0.05) is 36.2 Å². The van der Waals surface area contributed by atoms with Crippen LogP contribution in [-0.2, 0) is 9.59 Å². The highest BCUT2D eigenvalue weighted by Crippen LogP contribution is 2.29. The van der Waals surface area contributed by atoms with Crippen LogP contribution in [0.2, 0.25) is 10.0 Å². The van der Waals surface area contributed by atoms with Crippen LogP contribution in [0.3, 0.4) is 0 Å². The normalized spacial score (nSPS) is 16.0. The number of nitrogens with one attached hydrogen (secondary N) is 1. The Morgan fingerprint density at radius 1 is 1.28 bits per heavy atom. The summed E-state index contributed by atoms with van der Waals surface area (Å²) in [5, 5.41) is 12.1. The summed E-state index contributed by atoms with van der Waals surface area (Å²) >= 11 is 11.9. The molecule has 136 valence electrons. The van der Waals surface area contributed by atoms with E-state index in [-0.39, 0.29) is 34.1 Å². The van der Waals surface area contributed by atoms with Gasteiger partial charge < -0.3 is 15.3 Å². The minimum absolute atomic E-state index is 0.0448. The number of hydrogen-bond donors (Lipinski definition) is 2. The number of hydrogen-bond acceptors (Lipinski definition) is 3. The molecule has 2 N–H and O–H groups in total. The lowest BCUT2D eigenvalue weighted by Gasteiger charge is -2.27. The third-order valence-corrected chi connectivity index (χ3v) is 4.90. The molecule has 0 aromatic heterocycles. The largest absolute Gasteiger partial charge is 0.481 e. The van der Waals surface area contributed by atoms with Crippen LogP contribution in [0.5, 0.6) is 0 Å². The second kappa shape index (κ2) is 8.06.